The fourth-order valence-corrected chi connectivity index (χ4v) is 10.7. The number of carbonyl (C=O) groups is 1. The molecule has 0 amide bonds. The Kier molecular flexibility index (Phi) is 4.99. The van der Waals surface area contributed by atoms with Crippen LogP contribution >= 0.6 is 0 Å². The van der Waals surface area contributed by atoms with Crippen molar-refractivity contribution in [2.75, 3.05) is 0 Å². The number of fused-ring (bicyclic) bond motifs is 2. The number of carbonyl (C=O) groups excluding carboxylic acids is 1. The van der Waals surface area contributed by atoms with Crippen molar-refractivity contribution < 1.29 is 4.79 Å². The van der Waals surface area contributed by atoms with Crippen molar-refractivity contribution in [1.29, 1.82) is 0 Å². The Morgan fingerprint density at radius 2 is 1.74 bits per heavy atom. The van der Waals surface area contributed by atoms with Crippen LogP contribution in [0.15, 0.2) is 12.2 Å². The standard InChI is InChI=1S/C30H48O/c1-19(2)8-9-20(3)21(4)23-12-14-28(7)26-11-10-24-22(5)25(31)13-15-29(24)18-30(26,29)17-16-27(23,28)6/h19,21-24,26H,3,8-18H2,1-2,4-7H3/t21-,22+,23-,24+,26+,27-,28+,29-,30+/m1/s1. The van der Waals surface area contributed by atoms with Gasteiger partial charge in [0.05, 0.1) is 0 Å². The summed E-state index contributed by atoms with van der Waals surface area (Å²) < 4.78 is 0. The topological polar surface area (TPSA) is 17.1 Å². The van der Waals surface area contributed by atoms with Crippen molar-refractivity contribution >= 4 is 5.78 Å². The van der Waals surface area contributed by atoms with E-state index in [9.17, 15) is 4.79 Å². The molecule has 1 heteroatoms. The molecule has 5 aliphatic carbocycles. The Morgan fingerprint density at radius 1 is 1.00 bits per heavy atom. The highest BCUT2D eigenvalue weighted by molar-refractivity contribution is 5.82. The smallest absolute Gasteiger partial charge is 0.136 e. The van der Waals surface area contributed by atoms with Crippen LogP contribution in [0.4, 0.5) is 0 Å². The summed E-state index contributed by atoms with van der Waals surface area (Å²) in [6.45, 7) is 19.5. The molecule has 0 aromatic heterocycles. The molecule has 5 fully saturated rings. The molecule has 0 saturated heterocycles. The Hall–Kier alpha value is -0.590. The van der Waals surface area contributed by atoms with Gasteiger partial charge in [0.15, 0.2) is 0 Å². The number of hydrogen-bond acceptors (Lipinski definition) is 1. The average molecular weight is 425 g/mol. The Bertz CT molecular complexity index is 779. The monoisotopic (exact) mass is 424 g/mol. The minimum absolute atomic E-state index is 0.329. The van der Waals surface area contributed by atoms with E-state index in [2.05, 4.69) is 48.1 Å². The van der Waals surface area contributed by atoms with Gasteiger partial charge in [0.25, 0.3) is 0 Å². The van der Waals surface area contributed by atoms with Gasteiger partial charge in [-0.15, -0.1) is 0 Å². The van der Waals surface area contributed by atoms with Crippen LogP contribution < -0.4 is 0 Å². The van der Waals surface area contributed by atoms with Crippen molar-refractivity contribution in [2.45, 2.75) is 112 Å². The molecule has 174 valence electrons. The van der Waals surface area contributed by atoms with E-state index in [1.54, 1.807) is 0 Å². The van der Waals surface area contributed by atoms with Gasteiger partial charge in [-0.1, -0.05) is 53.7 Å². The molecule has 0 unspecified atom stereocenters. The van der Waals surface area contributed by atoms with Gasteiger partial charge >= 0.3 is 0 Å². The number of hydrogen-bond donors (Lipinski definition) is 0. The van der Waals surface area contributed by atoms with E-state index in [0.29, 0.717) is 45.2 Å². The lowest BCUT2D eigenvalue weighted by Gasteiger charge is -2.62. The first-order valence-electron chi connectivity index (χ1n) is 13.7. The minimum atomic E-state index is 0.329. The van der Waals surface area contributed by atoms with Crippen LogP contribution in [0.25, 0.3) is 0 Å². The molecular formula is C30H48O. The fourth-order valence-electron chi connectivity index (χ4n) is 10.7. The van der Waals surface area contributed by atoms with Gasteiger partial charge in [0.2, 0.25) is 0 Å². The van der Waals surface area contributed by atoms with E-state index in [-0.39, 0.29) is 0 Å². The first-order valence-corrected chi connectivity index (χ1v) is 13.7. The maximum Gasteiger partial charge on any atom is 0.136 e. The highest BCUT2D eigenvalue weighted by Gasteiger charge is 2.81. The number of allylic oxidation sites excluding steroid dienone is 1. The van der Waals surface area contributed by atoms with Crippen LogP contribution in [0.3, 0.4) is 0 Å². The van der Waals surface area contributed by atoms with E-state index in [1.165, 1.54) is 69.8 Å². The molecule has 0 heterocycles. The Balaban J connectivity index is 1.40. The molecule has 5 rings (SSSR count). The Morgan fingerprint density at radius 3 is 2.45 bits per heavy atom. The lowest BCUT2D eigenvalue weighted by atomic mass is 9.43. The number of ketones is 1. The second-order valence-electron chi connectivity index (χ2n) is 13.8. The molecule has 0 aromatic carbocycles. The summed E-state index contributed by atoms with van der Waals surface area (Å²) in [4.78, 5) is 12.5. The minimum Gasteiger partial charge on any atom is -0.299 e. The van der Waals surface area contributed by atoms with Gasteiger partial charge in [-0.3, -0.25) is 4.79 Å². The van der Waals surface area contributed by atoms with Crippen LogP contribution in [0.1, 0.15) is 112 Å². The summed E-state index contributed by atoms with van der Waals surface area (Å²) >= 11 is 0. The molecule has 9 atom stereocenters. The summed E-state index contributed by atoms with van der Waals surface area (Å²) in [7, 11) is 0. The van der Waals surface area contributed by atoms with Gasteiger partial charge in [-0.25, -0.2) is 0 Å². The number of rotatable bonds is 5. The quantitative estimate of drug-likeness (QED) is 0.406. The predicted molar refractivity (Wildman–Crippen MR) is 130 cm³/mol. The van der Waals surface area contributed by atoms with Crippen LogP contribution in [-0.4, -0.2) is 5.78 Å². The van der Waals surface area contributed by atoms with Gasteiger partial charge in [0.1, 0.15) is 5.78 Å². The van der Waals surface area contributed by atoms with Crippen molar-refractivity contribution in [3.05, 3.63) is 12.2 Å². The molecular weight excluding hydrogens is 376 g/mol. The van der Waals surface area contributed by atoms with Crippen LogP contribution in [0, 0.1) is 57.2 Å². The molecule has 0 bridgehead atoms. The van der Waals surface area contributed by atoms with E-state index < -0.39 is 0 Å². The molecule has 2 spiro atoms. The van der Waals surface area contributed by atoms with E-state index in [1.807, 2.05) is 0 Å². The lowest BCUT2D eigenvalue weighted by molar-refractivity contribution is -0.145. The maximum absolute atomic E-state index is 12.5. The fraction of sp³-hybridized carbons (Fsp3) is 0.900. The zero-order valence-electron chi connectivity index (χ0n) is 21.4. The normalized spacial score (nSPS) is 51.5. The van der Waals surface area contributed by atoms with Crippen molar-refractivity contribution in [3.8, 4) is 0 Å². The zero-order chi connectivity index (χ0) is 22.4. The van der Waals surface area contributed by atoms with Crippen molar-refractivity contribution in [2.24, 2.45) is 57.2 Å². The molecule has 1 nitrogen and oxygen atoms in total. The largest absolute Gasteiger partial charge is 0.299 e. The molecule has 5 saturated carbocycles. The van der Waals surface area contributed by atoms with Gasteiger partial charge in [-0.2, -0.15) is 0 Å². The van der Waals surface area contributed by atoms with Crippen molar-refractivity contribution in [1.82, 2.24) is 0 Å². The zero-order valence-corrected chi connectivity index (χ0v) is 21.4. The average Bonchev–Trinajstić information content (AvgIpc) is 3.31. The highest BCUT2D eigenvalue weighted by atomic mass is 16.1. The second-order valence-corrected chi connectivity index (χ2v) is 13.8. The SMILES string of the molecule is C=C(CCC(C)C)[C@@H](C)[C@H]1CC[C@@]2(C)[C@@H]3CC[C@H]4[C@H](C)C(=O)CC[C@@]45C[C@@]35CC[C@]12C. The maximum atomic E-state index is 12.5. The predicted octanol–water partition coefficient (Wildman–Crippen LogP) is 8.23. The molecule has 0 aromatic rings. The summed E-state index contributed by atoms with van der Waals surface area (Å²) in [6.07, 6.45) is 14.5. The lowest BCUT2D eigenvalue weighted by Crippen LogP contribution is -2.55. The second kappa shape index (κ2) is 6.96. The van der Waals surface area contributed by atoms with Crippen LogP contribution in [0.2, 0.25) is 0 Å². The first-order chi connectivity index (χ1) is 14.5. The van der Waals surface area contributed by atoms with Gasteiger partial charge < -0.3 is 0 Å². The van der Waals surface area contributed by atoms with Gasteiger partial charge in [0, 0.05) is 12.3 Å². The summed E-state index contributed by atoms with van der Waals surface area (Å²) in [5, 5.41) is 0. The van der Waals surface area contributed by atoms with Crippen LogP contribution in [-0.2, 0) is 4.79 Å². The third-order valence-corrected chi connectivity index (χ3v) is 12.8. The highest BCUT2D eigenvalue weighted by Crippen LogP contribution is 2.88. The number of Topliss-reactive ketones (excluding diaryl/α,β-unsaturated/α-hetero) is 1. The Labute approximate surface area is 192 Å². The molecule has 0 aliphatic heterocycles. The molecule has 5 aliphatic rings. The summed E-state index contributed by atoms with van der Waals surface area (Å²) in [6, 6.07) is 0. The summed E-state index contributed by atoms with van der Waals surface area (Å²) in [5.74, 6) is 4.74. The molecule has 0 radical (unpaired) electrons. The van der Waals surface area contributed by atoms with Crippen molar-refractivity contribution in [3.63, 3.8) is 0 Å². The third-order valence-electron chi connectivity index (χ3n) is 12.8. The third kappa shape index (κ3) is 2.70. The first kappa shape index (κ1) is 22.2. The molecule has 31 heavy (non-hydrogen) atoms. The summed E-state index contributed by atoms with van der Waals surface area (Å²) in [5.41, 5.74) is 3.61. The van der Waals surface area contributed by atoms with Crippen LogP contribution in [0.5, 0.6) is 0 Å². The van der Waals surface area contributed by atoms with Gasteiger partial charge in [-0.05, 0) is 115 Å². The van der Waals surface area contributed by atoms with E-state index >= 15 is 0 Å². The molecule has 0 N–H and O–H groups in total. The van der Waals surface area contributed by atoms with E-state index in [0.717, 1.165) is 24.2 Å². The van der Waals surface area contributed by atoms with E-state index in [4.69, 9.17) is 0 Å².